The van der Waals surface area contributed by atoms with Gasteiger partial charge < -0.3 is 24.5 Å². The first-order chi connectivity index (χ1) is 14.0. The summed E-state index contributed by atoms with van der Waals surface area (Å²) in [4.78, 5) is 11.6. The van der Waals surface area contributed by atoms with E-state index in [2.05, 4.69) is 5.32 Å². The van der Waals surface area contributed by atoms with E-state index in [1.54, 1.807) is 49.5 Å². The fourth-order valence-electron chi connectivity index (χ4n) is 2.65. The van der Waals surface area contributed by atoms with Crippen LogP contribution in [0.3, 0.4) is 0 Å². The number of rotatable bonds is 9. The molecule has 0 aliphatic rings. The molecule has 7 heteroatoms. The zero-order valence-electron chi connectivity index (χ0n) is 16.0. The normalized spacial score (nSPS) is 11.7. The number of carbonyl (C=O) groups is 1. The summed E-state index contributed by atoms with van der Waals surface area (Å²) in [5.41, 5.74) is 0.589. The molecule has 0 saturated carbocycles. The van der Waals surface area contributed by atoms with Crippen LogP contribution < -0.4 is 14.8 Å². The standard InChI is InChI=1S/C22H23ClN2O4/c1-2-22(27)24-20-5-3-4-6-21(20)28-15-17(26)13-25-12-11-19(14-25)29-18-9-7-16(23)8-10-18/h3-12,14,17,26H,2,13,15H2,1H3,(H,24,27). The number of amides is 1. The third-order valence-electron chi connectivity index (χ3n) is 4.11. The first-order valence-corrected chi connectivity index (χ1v) is 9.70. The SMILES string of the molecule is CCC(=O)Nc1ccccc1OCC(O)Cn1ccc(Oc2ccc(Cl)cc2)c1. The van der Waals surface area contributed by atoms with Gasteiger partial charge in [0.1, 0.15) is 30.0 Å². The fourth-order valence-corrected chi connectivity index (χ4v) is 2.77. The highest BCUT2D eigenvalue weighted by molar-refractivity contribution is 6.30. The minimum absolute atomic E-state index is 0.0879. The van der Waals surface area contributed by atoms with Gasteiger partial charge in [-0.1, -0.05) is 30.7 Å². The fraction of sp³-hybridized carbons (Fsp3) is 0.227. The number of nitrogens with zero attached hydrogens (tertiary/aromatic N) is 1. The maximum Gasteiger partial charge on any atom is 0.224 e. The maximum absolute atomic E-state index is 11.6. The zero-order chi connectivity index (χ0) is 20.6. The molecule has 2 aromatic carbocycles. The number of hydrogen-bond donors (Lipinski definition) is 2. The summed E-state index contributed by atoms with van der Waals surface area (Å²) in [5, 5.41) is 13.8. The quantitative estimate of drug-likeness (QED) is 0.531. The molecule has 0 aliphatic heterocycles. The Morgan fingerprint density at radius 1 is 1.14 bits per heavy atom. The van der Waals surface area contributed by atoms with E-state index >= 15 is 0 Å². The van der Waals surface area contributed by atoms with Gasteiger partial charge in [0.25, 0.3) is 0 Å². The number of benzene rings is 2. The highest BCUT2D eigenvalue weighted by atomic mass is 35.5. The molecule has 2 N–H and O–H groups in total. The van der Waals surface area contributed by atoms with E-state index < -0.39 is 6.10 Å². The van der Waals surface area contributed by atoms with Crippen LogP contribution in [0.1, 0.15) is 13.3 Å². The number of para-hydroxylation sites is 2. The highest BCUT2D eigenvalue weighted by Gasteiger charge is 2.11. The maximum atomic E-state index is 11.6. The summed E-state index contributed by atoms with van der Waals surface area (Å²) in [5.74, 6) is 1.77. The van der Waals surface area contributed by atoms with Gasteiger partial charge in [0, 0.05) is 23.8 Å². The van der Waals surface area contributed by atoms with E-state index in [-0.39, 0.29) is 12.5 Å². The molecular weight excluding hydrogens is 392 g/mol. The van der Waals surface area contributed by atoms with Crippen molar-refractivity contribution in [2.75, 3.05) is 11.9 Å². The minimum Gasteiger partial charge on any atom is -0.489 e. The smallest absolute Gasteiger partial charge is 0.224 e. The molecule has 3 aromatic rings. The number of aliphatic hydroxyl groups excluding tert-OH is 1. The Kier molecular flexibility index (Phi) is 7.16. The average Bonchev–Trinajstić information content (AvgIpc) is 3.15. The molecule has 1 amide bonds. The van der Waals surface area contributed by atoms with Gasteiger partial charge in [0.2, 0.25) is 5.91 Å². The van der Waals surface area contributed by atoms with Crippen LogP contribution in [-0.4, -0.2) is 28.3 Å². The van der Waals surface area contributed by atoms with E-state index in [1.165, 1.54) is 0 Å². The summed E-state index contributed by atoms with van der Waals surface area (Å²) in [7, 11) is 0. The van der Waals surface area contributed by atoms with Crippen LogP contribution in [0, 0.1) is 0 Å². The van der Waals surface area contributed by atoms with Gasteiger partial charge in [-0.25, -0.2) is 0 Å². The number of nitrogens with one attached hydrogen (secondary N) is 1. The molecule has 29 heavy (non-hydrogen) atoms. The molecule has 1 heterocycles. The number of halogens is 1. The summed E-state index contributed by atoms with van der Waals surface area (Å²) >= 11 is 5.87. The van der Waals surface area contributed by atoms with Gasteiger partial charge in [-0.2, -0.15) is 0 Å². The lowest BCUT2D eigenvalue weighted by Gasteiger charge is -2.16. The van der Waals surface area contributed by atoms with Gasteiger partial charge in [-0.05, 0) is 42.5 Å². The predicted molar refractivity (Wildman–Crippen MR) is 113 cm³/mol. The number of ether oxygens (including phenoxy) is 2. The van der Waals surface area contributed by atoms with Crippen LogP contribution in [0.2, 0.25) is 5.02 Å². The van der Waals surface area contributed by atoms with Crippen molar-refractivity contribution in [2.24, 2.45) is 0 Å². The van der Waals surface area contributed by atoms with E-state index in [9.17, 15) is 9.90 Å². The van der Waals surface area contributed by atoms with Crippen molar-refractivity contribution in [3.05, 3.63) is 72.0 Å². The largest absolute Gasteiger partial charge is 0.489 e. The van der Waals surface area contributed by atoms with Crippen molar-refractivity contribution < 1.29 is 19.4 Å². The van der Waals surface area contributed by atoms with Gasteiger partial charge in [0.15, 0.2) is 0 Å². The Morgan fingerprint density at radius 3 is 2.66 bits per heavy atom. The molecule has 6 nitrogen and oxygen atoms in total. The van der Waals surface area contributed by atoms with Crippen molar-refractivity contribution in [3.63, 3.8) is 0 Å². The number of aliphatic hydroxyl groups is 1. The van der Waals surface area contributed by atoms with E-state index in [1.807, 2.05) is 29.0 Å². The number of carbonyl (C=O) groups excluding carboxylic acids is 1. The summed E-state index contributed by atoms with van der Waals surface area (Å²) in [6.07, 6.45) is 3.27. The highest BCUT2D eigenvalue weighted by Crippen LogP contribution is 2.25. The molecule has 0 bridgehead atoms. The summed E-state index contributed by atoms with van der Waals surface area (Å²) < 4.78 is 13.3. The predicted octanol–water partition coefficient (Wildman–Crippen LogP) is 4.72. The summed E-state index contributed by atoms with van der Waals surface area (Å²) in [6, 6.07) is 16.1. The second-order valence-electron chi connectivity index (χ2n) is 6.46. The molecule has 152 valence electrons. The van der Waals surface area contributed by atoms with Gasteiger partial charge in [0.05, 0.1) is 12.2 Å². The lowest BCUT2D eigenvalue weighted by atomic mass is 10.2. The van der Waals surface area contributed by atoms with Crippen molar-refractivity contribution in [1.82, 2.24) is 4.57 Å². The number of anilines is 1. The first-order valence-electron chi connectivity index (χ1n) is 9.32. The topological polar surface area (TPSA) is 72.7 Å². The second-order valence-corrected chi connectivity index (χ2v) is 6.90. The number of hydrogen-bond acceptors (Lipinski definition) is 4. The zero-order valence-corrected chi connectivity index (χ0v) is 16.8. The van der Waals surface area contributed by atoms with Gasteiger partial charge in [-0.15, -0.1) is 0 Å². The third kappa shape index (κ3) is 6.27. The minimum atomic E-state index is -0.735. The van der Waals surface area contributed by atoms with Crippen LogP contribution in [0.5, 0.6) is 17.2 Å². The van der Waals surface area contributed by atoms with E-state index in [0.717, 1.165) is 0 Å². The molecule has 0 fully saturated rings. The first kappa shape index (κ1) is 20.8. The van der Waals surface area contributed by atoms with Crippen LogP contribution >= 0.6 is 11.6 Å². The van der Waals surface area contributed by atoms with Crippen molar-refractivity contribution >= 4 is 23.2 Å². The summed E-state index contributed by atoms with van der Waals surface area (Å²) in [6.45, 7) is 2.21. The monoisotopic (exact) mass is 414 g/mol. The number of aromatic nitrogens is 1. The third-order valence-corrected chi connectivity index (χ3v) is 4.36. The Labute approximate surface area is 174 Å². The van der Waals surface area contributed by atoms with Crippen LogP contribution in [0.15, 0.2) is 67.0 Å². The van der Waals surface area contributed by atoms with Gasteiger partial charge >= 0.3 is 0 Å². The molecule has 1 aromatic heterocycles. The molecular formula is C22H23ClN2O4. The Morgan fingerprint density at radius 2 is 1.90 bits per heavy atom. The second kappa shape index (κ2) is 10.0. The Bertz CT molecular complexity index is 940. The van der Waals surface area contributed by atoms with Crippen LogP contribution in [0.4, 0.5) is 5.69 Å². The van der Waals surface area contributed by atoms with E-state index in [4.69, 9.17) is 21.1 Å². The van der Waals surface area contributed by atoms with Crippen LogP contribution in [0.25, 0.3) is 0 Å². The van der Waals surface area contributed by atoms with Gasteiger partial charge in [-0.3, -0.25) is 4.79 Å². The molecule has 1 atom stereocenters. The van der Waals surface area contributed by atoms with E-state index in [0.29, 0.717) is 40.9 Å². The molecule has 1 unspecified atom stereocenters. The van der Waals surface area contributed by atoms with Crippen LogP contribution in [-0.2, 0) is 11.3 Å². The molecule has 0 aliphatic carbocycles. The van der Waals surface area contributed by atoms with Crippen molar-refractivity contribution in [2.45, 2.75) is 26.0 Å². The molecule has 0 spiro atoms. The lowest BCUT2D eigenvalue weighted by molar-refractivity contribution is -0.115. The van der Waals surface area contributed by atoms with Crippen molar-refractivity contribution in [1.29, 1.82) is 0 Å². The molecule has 3 rings (SSSR count). The Balaban J connectivity index is 1.53. The van der Waals surface area contributed by atoms with Crippen molar-refractivity contribution in [3.8, 4) is 17.2 Å². The average molecular weight is 415 g/mol. The Hall–Kier alpha value is -2.96. The lowest BCUT2D eigenvalue weighted by Crippen LogP contribution is -2.23. The molecule has 0 saturated heterocycles. The molecule has 0 radical (unpaired) electrons.